The van der Waals surface area contributed by atoms with Crippen molar-refractivity contribution in [3.63, 3.8) is 0 Å². The van der Waals surface area contributed by atoms with Crippen LogP contribution < -0.4 is 5.32 Å². The molecule has 0 spiro atoms. The molecule has 0 atom stereocenters. The zero-order valence-electron chi connectivity index (χ0n) is 10.6. The number of hydrogen-bond acceptors (Lipinski definition) is 5. The largest absolute Gasteiger partial charge is 0.294 e. The summed E-state index contributed by atoms with van der Waals surface area (Å²) in [6.07, 6.45) is 1.24. The highest BCUT2D eigenvalue weighted by atomic mass is 32.2. The Labute approximate surface area is 115 Å². The molecule has 0 aliphatic heterocycles. The van der Waals surface area contributed by atoms with Crippen molar-refractivity contribution in [2.24, 2.45) is 0 Å². The summed E-state index contributed by atoms with van der Waals surface area (Å²) >= 11 is 0. The molecule has 1 aromatic heterocycles. The quantitative estimate of drug-likeness (QED) is 0.811. The van der Waals surface area contributed by atoms with Crippen LogP contribution in [0, 0.1) is 0 Å². The van der Waals surface area contributed by atoms with Gasteiger partial charge in [0.05, 0.1) is 11.4 Å². The molecule has 106 valence electrons. The molecule has 0 radical (unpaired) electrons. The molecule has 1 aromatic carbocycles. The first kappa shape index (κ1) is 14.2. The number of aromatic nitrogens is 3. The van der Waals surface area contributed by atoms with Gasteiger partial charge in [0.15, 0.2) is 0 Å². The summed E-state index contributed by atoms with van der Waals surface area (Å²) < 4.78 is 25.3. The van der Waals surface area contributed by atoms with Crippen LogP contribution in [0.2, 0.25) is 0 Å². The van der Waals surface area contributed by atoms with Gasteiger partial charge in [0.2, 0.25) is 21.9 Å². The third-order valence-electron chi connectivity index (χ3n) is 2.49. The number of rotatable bonds is 5. The first-order valence-electron chi connectivity index (χ1n) is 5.67. The molecule has 8 nitrogen and oxygen atoms in total. The topological polar surface area (TPSA) is 108 Å². The number of carbonyl (C=O) groups is 1. The highest BCUT2D eigenvalue weighted by Gasteiger charge is 2.22. The Morgan fingerprint density at radius 2 is 2.05 bits per heavy atom. The predicted molar refractivity (Wildman–Crippen MR) is 71.3 cm³/mol. The Morgan fingerprint density at radius 1 is 1.35 bits per heavy atom. The van der Waals surface area contributed by atoms with Crippen LogP contribution in [0.25, 0.3) is 0 Å². The van der Waals surface area contributed by atoms with Crippen LogP contribution in [-0.2, 0) is 14.8 Å². The van der Waals surface area contributed by atoms with Gasteiger partial charge in [0, 0.05) is 7.05 Å². The third kappa shape index (κ3) is 3.19. The Balaban J connectivity index is 2.04. The molecule has 0 fully saturated rings. The molecule has 1 amide bonds. The van der Waals surface area contributed by atoms with Gasteiger partial charge in [-0.15, -0.1) is 0 Å². The number of anilines is 1. The Kier molecular flexibility index (Phi) is 4.11. The van der Waals surface area contributed by atoms with E-state index in [0.717, 1.165) is 4.31 Å². The second-order valence-corrected chi connectivity index (χ2v) is 6.00. The lowest BCUT2D eigenvalue weighted by Crippen LogP contribution is -2.35. The SMILES string of the molecule is CN(CC(=O)Nc1ncn[nH]1)S(=O)(=O)c1ccccc1. The lowest BCUT2D eigenvalue weighted by Gasteiger charge is -2.16. The van der Waals surface area contributed by atoms with E-state index >= 15 is 0 Å². The molecule has 0 bridgehead atoms. The highest BCUT2D eigenvalue weighted by Crippen LogP contribution is 2.13. The van der Waals surface area contributed by atoms with Crippen LogP contribution in [0.15, 0.2) is 41.6 Å². The van der Waals surface area contributed by atoms with E-state index in [9.17, 15) is 13.2 Å². The van der Waals surface area contributed by atoms with Crippen molar-refractivity contribution in [3.05, 3.63) is 36.7 Å². The highest BCUT2D eigenvalue weighted by molar-refractivity contribution is 7.89. The fourth-order valence-corrected chi connectivity index (χ4v) is 2.65. The van der Waals surface area contributed by atoms with Gasteiger partial charge in [0.25, 0.3) is 0 Å². The molecule has 0 aliphatic rings. The number of H-pyrrole nitrogens is 1. The van der Waals surface area contributed by atoms with Crippen LogP contribution >= 0.6 is 0 Å². The summed E-state index contributed by atoms with van der Waals surface area (Å²) in [6.45, 7) is -0.322. The molecule has 20 heavy (non-hydrogen) atoms. The van der Waals surface area contributed by atoms with Crippen LogP contribution in [-0.4, -0.2) is 47.4 Å². The van der Waals surface area contributed by atoms with Gasteiger partial charge in [-0.25, -0.2) is 13.5 Å². The summed E-state index contributed by atoms with van der Waals surface area (Å²) in [5, 5.41) is 8.42. The van der Waals surface area contributed by atoms with Crippen LogP contribution in [0.5, 0.6) is 0 Å². The van der Waals surface area contributed by atoms with Crippen molar-refractivity contribution < 1.29 is 13.2 Å². The van der Waals surface area contributed by atoms with Gasteiger partial charge in [-0.1, -0.05) is 18.2 Å². The average Bonchev–Trinajstić information content (AvgIpc) is 2.92. The van der Waals surface area contributed by atoms with Crippen molar-refractivity contribution in [2.75, 3.05) is 18.9 Å². The van der Waals surface area contributed by atoms with Crippen molar-refractivity contribution in [2.45, 2.75) is 4.90 Å². The monoisotopic (exact) mass is 295 g/mol. The number of nitrogens with one attached hydrogen (secondary N) is 2. The van der Waals surface area contributed by atoms with Crippen LogP contribution in [0.3, 0.4) is 0 Å². The Hall–Kier alpha value is -2.26. The Morgan fingerprint density at radius 3 is 2.65 bits per heavy atom. The number of likely N-dealkylation sites (N-methyl/N-ethyl adjacent to an activating group) is 1. The minimum absolute atomic E-state index is 0.134. The van der Waals surface area contributed by atoms with Crippen molar-refractivity contribution >= 4 is 21.9 Å². The van der Waals surface area contributed by atoms with Gasteiger partial charge >= 0.3 is 0 Å². The normalized spacial score (nSPS) is 11.5. The third-order valence-corrected chi connectivity index (χ3v) is 4.31. The van der Waals surface area contributed by atoms with E-state index in [1.165, 1.54) is 25.5 Å². The predicted octanol–water partition coefficient (Wildman–Crippen LogP) is 0.0639. The van der Waals surface area contributed by atoms with Crippen molar-refractivity contribution in [3.8, 4) is 0 Å². The lowest BCUT2D eigenvalue weighted by atomic mass is 10.4. The minimum atomic E-state index is -3.69. The second kappa shape index (κ2) is 5.80. The molecular formula is C11H13N5O3S. The van der Waals surface area contributed by atoms with E-state index in [-0.39, 0.29) is 17.4 Å². The van der Waals surface area contributed by atoms with E-state index in [2.05, 4.69) is 20.5 Å². The molecule has 0 saturated heterocycles. The van der Waals surface area contributed by atoms with Gasteiger partial charge in [-0.3, -0.25) is 10.1 Å². The second-order valence-electron chi connectivity index (χ2n) is 3.96. The summed E-state index contributed by atoms with van der Waals surface area (Å²) in [4.78, 5) is 15.5. The van der Waals surface area contributed by atoms with E-state index in [1.54, 1.807) is 18.2 Å². The molecule has 2 rings (SSSR count). The molecule has 9 heteroatoms. The summed E-state index contributed by atoms with van der Waals surface area (Å²) in [5.41, 5.74) is 0. The van der Waals surface area contributed by atoms with Gasteiger partial charge in [0.1, 0.15) is 6.33 Å². The first-order chi connectivity index (χ1) is 9.50. The molecule has 0 unspecified atom stereocenters. The smallest absolute Gasteiger partial charge is 0.243 e. The molecule has 1 heterocycles. The zero-order chi connectivity index (χ0) is 14.6. The number of sulfonamides is 1. The van der Waals surface area contributed by atoms with Gasteiger partial charge < -0.3 is 0 Å². The summed E-state index contributed by atoms with van der Waals surface area (Å²) in [7, 11) is -2.35. The number of nitrogens with zero attached hydrogens (tertiary/aromatic N) is 3. The fourth-order valence-electron chi connectivity index (χ4n) is 1.50. The van der Waals surface area contributed by atoms with Crippen molar-refractivity contribution in [1.29, 1.82) is 0 Å². The van der Waals surface area contributed by atoms with E-state index in [0.29, 0.717) is 0 Å². The number of hydrogen-bond donors (Lipinski definition) is 2. The zero-order valence-corrected chi connectivity index (χ0v) is 11.5. The first-order valence-corrected chi connectivity index (χ1v) is 7.11. The maximum Gasteiger partial charge on any atom is 0.243 e. The molecule has 2 N–H and O–H groups in total. The lowest BCUT2D eigenvalue weighted by molar-refractivity contribution is -0.116. The number of benzene rings is 1. The molecule has 2 aromatic rings. The maximum atomic E-state index is 12.2. The Bertz CT molecular complexity index is 669. The fraction of sp³-hybridized carbons (Fsp3) is 0.182. The number of amides is 1. The van der Waals surface area contributed by atoms with Crippen LogP contribution in [0.1, 0.15) is 0 Å². The summed E-state index contributed by atoms with van der Waals surface area (Å²) in [6, 6.07) is 7.90. The van der Waals surface area contributed by atoms with Gasteiger partial charge in [-0.05, 0) is 12.1 Å². The van der Waals surface area contributed by atoms with E-state index in [1.807, 2.05) is 0 Å². The molecule has 0 saturated carbocycles. The van der Waals surface area contributed by atoms with E-state index < -0.39 is 15.9 Å². The minimum Gasteiger partial charge on any atom is -0.294 e. The van der Waals surface area contributed by atoms with E-state index in [4.69, 9.17) is 0 Å². The molecular weight excluding hydrogens is 282 g/mol. The van der Waals surface area contributed by atoms with Crippen molar-refractivity contribution in [1.82, 2.24) is 19.5 Å². The van der Waals surface area contributed by atoms with Crippen LogP contribution in [0.4, 0.5) is 5.95 Å². The maximum absolute atomic E-state index is 12.2. The number of carbonyl (C=O) groups excluding carboxylic acids is 1. The summed E-state index contributed by atoms with van der Waals surface area (Å²) in [5.74, 6) is -0.343. The average molecular weight is 295 g/mol. The molecule has 0 aliphatic carbocycles. The van der Waals surface area contributed by atoms with Gasteiger partial charge in [-0.2, -0.15) is 14.4 Å². The number of aromatic amines is 1. The standard InChI is InChI=1S/C11H13N5O3S/c1-16(7-10(17)14-11-12-8-13-15-11)20(18,19)9-5-3-2-4-6-9/h2-6,8H,7H2,1H3,(H2,12,13,14,15,17).